The van der Waals surface area contributed by atoms with Crippen molar-refractivity contribution in [3.63, 3.8) is 0 Å². The molecule has 0 aliphatic heterocycles. The van der Waals surface area contributed by atoms with Crippen LogP contribution in [0.2, 0.25) is 0 Å². The monoisotopic (exact) mass is 382 g/mol. The maximum atomic E-state index is 12.6. The molecule has 0 aliphatic rings. The summed E-state index contributed by atoms with van der Waals surface area (Å²) >= 11 is 1.80. The molecule has 1 aromatic carbocycles. The van der Waals surface area contributed by atoms with Crippen LogP contribution in [0.3, 0.4) is 0 Å². The van der Waals surface area contributed by atoms with E-state index in [1.54, 1.807) is 36.4 Å². The van der Waals surface area contributed by atoms with Gasteiger partial charge in [-0.3, -0.25) is 0 Å². The minimum absolute atomic E-state index is 0.00903. The van der Waals surface area contributed by atoms with Crippen LogP contribution in [0.5, 0.6) is 0 Å². The molecular weight excluding hydrogens is 373 g/mol. The third-order valence-corrected chi connectivity index (χ3v) is 2.90. The van der Waals surface area contributed by atoms with Gasteiger partial charge in [-0.2, -0.15) is 26.3 Å². The van der Waals surface area contributed by atoms with Crippen molar-refractivity contribution in [3.05, 3.63) is 34.9 Å². The lowest BCUT2D eigenvalue weighted by Gasteiger charge is -2.21. The molecule has 0 atom stereocenters. The average molecular weight is 382 g/mol. The van der Waals surface area contributed by atoms with Crippen LogP contribution in [0, 0.1) is 0 Å². The van der Waals surface area contributed by atoms with Crippen molar-refractivity contribution >= 4 is 22.6 Å². The normalized spacial score (nSPS) is 13.8. The summed E-state index contributed by atoms with van der Waals surface area (Å²) in [6.45, 7) is 3.09. The Morgan fingerprint density at radius 2 is 1.00 bits per heavy atom. The third-order valence-electron chi connectivity index (χ3n) is 2.27. The van der Waals surface area contributed by atoms with E-state index < -0.39 is 26.9 Å². The number of rotatable bonds is 1. The highest BCUT2D eigenvalue weighted by atomic mass is 127. The van der Waals surface area contributed by atoms with Crippen LogP contribution in [-0.4, -0.2) is 0 Å². The summed E-state index contributed by atoms with van der Waals surface area (Å²) in [5, 5.41) is 0. The molecule has 0 N–H and O–H groups in total. The molecule has 0 radical (unpaired) electrons. The summed E-state index contributed by atoms with van der Waals surface area (Å²) in [5.41, 5.74) is -2.57. The molecule has 0 aromatic heterocycles. The van der Waals surface area contributed by atoms with E-state index in [-0.39, 0.29) is 11.6 Å². The van der Waals surface area contributed by atoms with Gasteiger partial charge in [-0.25, -0.2) is 0 Å². The number of halogens is 7. The second kappa shape index (κ2) is 4.57. The Morgan fingerprint density at radius 1 is 0.722 bits per heavy atom. The van der Waals surface area contributed by atoms with Crippen molar-refractivity contribution in [2.75, 3.05) is 0 Å². The van der Waals surface area contributed by atoms with Gasteiger partial charge in [-0.1, -0.05) is 22.6 Å². The molecule has 1 rings (SSSR count). The zero-order valence-electron chi connectivity index (χ0n) is 9.38. The van der Waals surface area contributed by atoms with E-state index in [0.717, 1.165) is 12.1 Å². The van der Waals surface area contributed by atoms with E-state index >= 15 is 0 Å². The quantitative estimate of drug-likeness (QED) is 0.347. The lowest BCUT2D eigenvalue weighted by Crippen LogP contribution is -2.15. The smallest absolute Gasteiger partial charge is 0.166 e. The van der Waals surface area contributed by atoms with Crippen molar-refractivity contribution in [2.24, 2.45) is 0 Å². The van der Waals surface area contributed by atoms with Crippen LogP contribution in [-0.2, 0) is 15.8 Å². The number of alkyl halides is 7. The van der Waals surface area contributed by atoms with Crippen molar-refractivity contribution < 1.29 is 26.3 Å². The first-order chi connectivity index (χ1) is 7.82. The Balaban J connectivity index is 3.49. The van der Waals surface area contributed by atoms with Crippen LogP contribution in [0.1, 0.15) is 30.5 Å². The van der Waals surface area contributed by atoms with Crippen molar-refractivity contribution in [1.82, 2.24) is 0 Å². The average Bonchev–Trinajstić information content (AvgIpc) is 2.13. The first-order valence-corrected chi connectivity index (χ1v) is 5.88. The van der Waals surface area contributed by atoms with Crippen molar-refractivity contribution in [1.29, 1.82) is 0 Å². The Labute approximate surface area is 114 Å². The molecule has 0 bridgehead atoms. The summed E-state index contributed by atoms with van der Waals surface area (Å²) < 4.78 is 74.5. The van der Waals surface area contributed by atoms with Crippen LogP contribution >= 0.6 is 22.6 Å². The fourth-order valence-electron chi connectivity index (χ4n) is 1.30. The SMILES string of the molecule is CC(C)(I)c1cc(C(F)(F)F)cc(C(F)(F)F)c1. The van der Waals surface area contributed by atoms with Crippen LogP contribution in [0.15, 0.2) is 18.2 Å². The Kier molecular flexibility index (Phi) is 3.96. The molecule has 1 aromatic rings. The highest BCUT2D eigenvalue weighted by molar-refractivity contribution is 14.1. The van der Waals surface area contributed by atoms with Gasteiger partial charge in [0.1, 0.15) is 0 Å². The van der Waals surface area contributed by atoms with Gasteiger partial charge >= 0.3 is 12.4 Å². The highest BCUT2D eigenvalue weighted by Gasteiger charge is 2.38. The molecule has 0 unspecified atom stereocenters. The summed E-state index contributed by atoms with van der Waals surface area (Å²) in [6, 6.07) is 1.63. The van der Waals surface area contributed by atoms with Gasteiger partial charge in [0.2, 0.25) is 0 Å². The number of hydrogen-bond donors (Lipinski definition) is 0. The topological polar surface area (TPSA) is 0 Å². The molecule has 18 heavy (non-hydrogen) atoms. The van der Waals surface area contributed by atoms with Gasteiger partial charge in [0, 0.05) is 3.42 Å². The molecular formula is C11H9F6I. The number of hydrogen-bond acceptors (Lipinski definition) is 0. The van der Waals surface area contributed by atoms with Gasteiger partial charge in [0.05, 0.1) is 11.1 Å². The van der Waals surface area contributed by atoms with Crippen LogP contribution in [0.25, 0.3) is 0 Å². The fraction of sp³-hybridized carbons (Fsp3) is 0.455. The van der Waals surface area contributed by atoms with Gasteiger partial charge in [-0.15, -0.1) is 0 Å². The van der Waals surface area contributed by atoms with Crippen LogP contribution < -0.4 is 0 Å². The molecule has 0 heterocycles. The van der Waals surface area contributed by atoms with E-state index in [0.29, 0.717) is 0 Å². The van der Waals surface area contributed by atoms with E-state index in [9.17, 15) is 26.3 Å². The Morgan fingerprint density at radius 3 is 1.22 bits per heavy atom. The maximum absolute atomic E-state index is 12.6. The molecule has 0 amide bonds. The Bertz CT molecular complexity index is 359. The minimum Gasteiger partial charge on any atom is -0.166 e. The predicted molar refractivity (Wildman–Crippen MR) is 63.5 cm³/mol. The van der Waals surface area contributed by atoms with Gasteiger partial charge in [-0.05, 0) is 37.6 Å². The molecule has 0 aliphatic carbocycles. The Hall–Kier alpha value is -0.470. The predicted octanol–water partition coefficient (Wildman–Crippen LogP) is 5.39. The summed E-state index contributed by atoms with van der Waals surface area (Å²) in [7, 11) is 0. The minimum atomic E-state index is -4.79. The number of benzene rings is 1. The molecule has 0 saturated heterocycles. The summed E-state index contributed by atoms with van der Waals surface area (Å²) in [5.74, 6) is 0. The van der Waals surface area contributed by atoms with Crippen molar-refractivity contribution in [2.45, 2.75) is 29.6 Å². The van der Waals surface area contributed by atoms with Crippen LogP contribution in [0.4, 0.5) is 26.3 Å². The molecule has 0 nitrogen and oxygen atoms in total. The zero-order chi connectivity index (χ0) is 14.4. The molecule has 102 valence electrons. The lowest BCUT2D eigenvalue weighted by atomic mass is 9.97. The first kappa shape index (κ1) is 15.6. The summed E-state index contributed by atoms with van der Waals surface area (Å²) in [6.07, 6.45) is -9.59. The van der Waals surface area contributed by atoms with E-state index in [1.807, 2.05) is 0 Å². The largest absolute Gasteiger partial charge is 0.416 e. The standard InChI is InChI=1S/C11H9F6I/c1-9(2,18)6-3-7(10(12,13)14)5-8(4-6)11(15,16)17/h3-5H,1-2H3. The van der Waals surface area contributed by atoms with Gasteiger partial charge in [0.15, 0.2) is 0 Å². The zero-order valence-corrected chi connectivity index (χ0v) is 11.5. The van der Waals surface area contributed by atoms with Gasteiger partial charge in [0.25, 0.3) is 0 Å². The van der Waals surface area contributed by atoms with E-state index in [2.05, 4.69) is 0 Å². The molecule has 0 saturated carbocycles. The molecule has 7 heteroatoms. The third kappa shape index (κ3) is 3.76. The highest BCUT2D eigenvalue weighted by Crippen LogP contribution is 2.40. The first-order valence-electron chi connectivity index (χ1n) is 4.80. The van der Waals surface area contributed by atoms with Crippen molar-refractivity contribution in [3.8, 4) is 0 Å². The second-order valence-corrected chi connectivity index (χ2v) is 6.96. The lowest BCUT2D eigenvalue weighted by molar-refractivity contribution is -0.143. The van der Waals surface area contributed by atoms with E-state index in [1.165, 1.54) is 0 Å². The molecule has 0 fully saturated rings. The second-order valence-electron chi connectivity index (χ2n) is 4.27. The fourth-order valence-corrected chi connectivity index (χ4v) is 1.61. The summed E-state index contributed by atoms with van der Waals surface area (Å²) in [4.78, 5) is 0. The maximum Gasteiger partial charge on any atom is 0.416 e. The van der Waals surface area contributed by atoms with Gasteiger partial charge < -0.3 is 0 Å². The van der Waals surface area contributed by atoms with E-state index in [4.69, 9.17) is 0 Å². The molecule has 0 spiro atoms.